The summed E-state index contributed by atoms with van der Waals surface area (Å²) in [5.74, 6) is 2.96. The maximum atomic E-state index is 6.19. The highest BCUT2D eigenvalue weighted by Crippen LogP contribution is 2.34. The van der Waals surface area contributed by atoms with Crippen LogP contribution in [-0.2, 0) is 0 Å². The molecule has 0 spiro atoms. The van der Waals surface area contributed by atoms with E-state index >= 15 is 0 Å². The van der Waals surface area contributed by atoms with E-state index in [9.17, 15) is 0 Å². The lowest BCUT2D eigenvalue weighted by atomic mass is 9.90. The molecule has 4 heterocycles. The Morgan fingerprint density at radius 2 is 1.87 bits per heavy atom. The molecule has 1 saturated carbocycles. The van der Waals surface area contributed by atoms with Crippen molar-refractivity contribution in [3.8, 4) is 16.9 Å². The van der Waals surface area contributed by atoms with Crippen molar-refractivity contribution in [2.24, 2.45) is 5.73 Å². The van der Waals surface area contributed by atoms with Crippen LogP contribution in [0, 0.1) is 20.8 Å². The molecule has 0 atom stereocenters. The highest BCUT2D eigenvalue weighted by molar-refractivity contribution is 5.75. The van der Waals surface area contributed by atoms with Crippen molar-refractivity contribution in [1.82, 2.24) is 24.6 Å². The van der Waals surface area contributed by atoms with Crippen molar-refractivity contribution in [1.29, 1.82) is 0 Å². The second-order valence-corrected chi connectivity index (χ2v) is 8.17. The molecule has 1 aliphatic rings. The third-order valence-electron chi connectivity index (χ3n) is 5.43. The third-order valence-corrected chi connectivity index (χ3v) is 5.43. The van der Waals surface area contributed by atoms with E-state index in [2.05, 4.69) is 37.5 Å². The molecule has 158 valence electrons. The predicted octanol–water partition coefficient (Wildman–Crippen LogP) is 3.72. The molecule has 0 unspecified atom stereocenters. The highest BCUT2D eigenvalue weighted by atomic mass is 16.5. The maximum Gasteiger partial charge on any atom is 0.154 e. The van der Waals surface area contributed by atoms with E-state index in [-0.39, 0.29) is 12.1 Å². The molecule has 0 bridgehead atoms. The zero-order valence-electron chi connectivity index (χ0n) is 17.8. The molecule has 0 radical (unpaired) electrons. The van der Waals surface area contributed by atoms with Crippen molar-refractivity contribution in [2.45, 2.75) is 45.8 Å². The summed E-state index contributed by atoms with van der Waals surface area (Å²) in [7, 11) is 0. The number of nitrogens with two attached hydrogens (primary N) is 1. The Labute approximate surface area is 180 Å². The number of hydrogen-bond acceptors (Lipinski definition) is 7. The summed E-state index contributed by atoms with van der Waals surface area (Å²) in [5, 5.41) is 7.88. The molecule has 0 aliphatic heterocycles. The Balaban J connectivity index is 1.45. The minimum absolute atomic E-state index is 0.160. The van der Waals surface area contributed by atoms with Gasteiger partial charge in [0.2, 0.25) is 0 Å². The van der Waals surface area contributed by atoms with Crippen molar-refractivity contribution in [3.63, 3.8) is 0 Å². The summed E-state index contributed by atoms with van der Waals surface area (Å²) in [6, 6.07) is 10.3. The van der Waals surface area contributed by atoms with Gasteiger partial charge in [0.15, 0.2) is 5.82 Å². The lowest BCUT2D eigenvalue weighted by molar-refractivity contribution is 0.101. The predicted molar refractivity (Wildman–Crippen MR) is 120 cm³/mol. The van der Waals surface area contributed by atoms with E-state index in [0.29, 0.717) is 0 Å². The van der Waals surface area contributed by atoms with Crippen LogP contribution >= 0.6 is 0 Å². The second kappa shape index (κ2) is 7.63. The van der Waals surface area contributed by atoms with Gasteiger partial charge in [0.05, 0.1) is 11.7 Å². The standard InChI is InChI=1S/C23H25N7O/c1-13-6-20(21(12-25-13)31-19-9-17(24)10-19)16-4-5-30-18(8-16)11-23(29-30)28-22-7-14(2)26-15(3)27-22/h4-8,11-12,17,19H,9-10,24H2,1-3H3,(H,26,27,28,29). The van der Waals surface area contributed by atoms with Gasteiger partial charge in [-0.1, -0.05) is 0 Å². The number of aromatic nitrogens is 5. The first-order valence-electron chi connectivity index (χ1n) is 10.4. The van der Waals surface area contributed by atoms with Crippen LogP contribution in [0.25, 0.3) is 16.6 Å². The molecule has 1 fully saturated rings. The van der Waals surface area contributed by atoms with Gasteiger partial charge in [-0.15, -0.1) is 0 Å². The van der Waals surface area contributed by atoms with E-state index in [1.807, 2.05) is 55.9 Å². The summed E-state index contributed by atoms with van der Waals surface area (Å²) >= 11 is 0. The average molecular weight is 416 g/mol. The number of nitrogens with zero attached hydrogens (tertiary/aromatic N) is 5. The van der Waals surface area contributed by atoms with Crippen LogP contribution in [0.2, 0.25) is 0 Å². The maximum absolute atomic E-state index is 6.19. The number of nitrogens with one attached hydrogen (secondary N) is 1. The fraction of sp³-hybridized carbons (Fsp3) is 0.304. The van der Waals surface area contributed by atoms with Crippen molar-refractivity contribution in [3.05, 3.63) is 59.9 Å². The quantitative estimate of drug-likeness (QED) is 0.512. The van der Waals surface area contributed by atoms with Crippen LogP contribution in [0.3, 0.4) is 0 Å². The summed E-state index contributed by atoms with van der Waals surface area (Å²) in [4.78, 5) is 13.2. The molecule has 5 rings (SSSR count). The minimum Gasteiger partial charge on any atom is -0.488 e. The van der Waals surface area contributed by atoms with Crippen LogP contribution in [0.15, 0.2) is 42.7 Å². The molecule has 3 N–H and O–H groups in total. The molecule has 0 saturated heterocycles. The van der Waals surface area contributed by atoms with Crippen LogP contribution in [-0.4, -0.2) is 36.7 Å². The number of rotatable bonds is 5. The smallest absolute Gasteiger partial charge is 0.154 e. The van der Waals surface area contributed by atoms with Crippen LogP contribution in [0.1, 0.15) is 30.1 Å². The molecule has 0 amide bonds. The lowest BCUT2D eigenvalue weighted by Gasteiger charge is -2.33. The zero-order chi connectivity index (χ0) is 21.5. The van der Waals surface area contributed by atoms with Crippen LogP contribution < -0.4 is 15.8 Å². The Hall–Kier alpha value is -3.52. The normalized spacial score (nSPS) is 18.1. The SMILES string of the molecule is Cc1cc(-c2ccn3nc(Nc4cc(C)nc(C)n4)cc3c2)c(OC2CC(N)C2)cn1. The van der Waals surface area contributed by atoms with Crippen LogP contribution in [0.4, 0.5) is 11.6 Å². The molecule has 4 aromatic rings. The summed E-state index contributed by atoms with van der Waals surface area (Å²) in [5.41, 5.74) is 10.8. The van der Waals surface area contributed by atoms with Gasteiger partial charge in [-0.3, -0.25) is 4.98 Å². The summed E-state index contributed by atoms with van der Waals surface area (Å²) in [6.07, 6.45) is 5.68. The molecule has 1 aliphatic carbocycles. The zero-order valence-corrected chi connectivity index (χ0v) is 17.8. The van der Waals surface area contributed by atoms with Crippen molar-refractivity contribution >= 4 is 17.2 Å². The number of ether oxygens (including phenoxy) is 1. The molecule has 0 aromatic carbocycles. The van der Waals surface area contributed by atoms with E-state index < -0.39 is 0 Å². The Morgan fingerprint density at radius 3 is 2.65 bits per heavy atom. The van der Waals surface area contributed by atoms with Gasteiger partial charge in [-0.2, -0.15) is 5.10 Å². The van der Waals surface area contributed by atoms with Crippen molar-refractivity contribution in [2.75, 3.05) is 5.32 Å². The van der Waals surface area contributed by atoms with Gasteiger partial charge >= 0.3 is 0 Å². The largest absolute Gasteiger partial charge is 0.488 e. The Morgan fingerprint density at radius 1 is 1.03 bits per heavy atom. The molecular weight excluding hydrogens is 390 g/mol. The van der Waals surface area contributed by atoms with Gasteiger partial charge in [-0.25, -0.2) is 14.5 Å². The van der Waals surface area contributed by atoms with Gasteiger partial charge < -0.3 is 15.8 Å². The van der Waals surface area contributed by atoms with Crippen molar-refractivity contribution < 1.29 is 4.74 Å². The number of anilines is 2. The fourth-order valence-corrected chi connectivity index (χ4v) is 3.88. The van der Waals surface area contributed by atoms with Crippen LogP contribution in [0.5, 0.6) is 5.75 Å². The van der Waals surface area contributed by atoms with E-state index in [4.69, 9.17) is 10.5 Å². The Bertz CT molecular complexity index is 1240. The van der Waals surface area contributed by atoms with E-state index in [1.54, 1.807) is 0 Å². The van der Waals surface area contributed by atoms with E-state index in [1.165, 1.54) is 0 Å². The van der Waals surface area contributed by atoms with Gasteiger partial charge in [0, 0.05) is 41.3 Å². The highest BCUT2D eigenvalue weighted by Gasteiger charge is 2.28. The minimum atomic E-state index is 0.160. The molecule has 31 heavy (non-hydrogen) atoms. The van der Waals surface area contributed by atoms with Gasteiger partial charge in [-0.05, 0) is 57.4 Å². The number of aryl methyl sites for hydroxylation is 3. The first kappa shape index (κ1) is 19.4. The number of hydrogen-bond donors (Lipinski definition) is 2. The van der Waals surface area contributed by atoms with E-state index in [0.717, 1.165) is 64.1 Å². The van der Waals surface area contributed by atoms with Gasteiger partial charge in [0.1, 0.15) is 23.5 Å². The second-order valence-electron chi connectivity index (χ2n) is 8.17. The molecule has 8 nitrogen and oxygen atoms in total. The molecular formula is C23H25N7O. The first-order chi connectivity index (χ1) is 14.9. The number of fused-ring (bicyclic) bond motifs is 1. The van der Waals surface area contributed by atoms with Gasteiger partial charge in [0.25, 0.3) is 0 Å². The molecule has 8 heteroatoms. The fourth-order valence-electron chi connectivity index (χ4n) is 3.88. The molecule has 4 aromatic heterocycles. The Kier molecular flexibility index (Phi) is 4.78. The topological polar surface area (TPSA) is 103 Å². The first-order valence-corrected chi connectivity index (χ1v) is 10.4. The summed E-state index contributed by atoms with van der Waals surface area (Å²) in [6.45, 7) is 5.81. The third kappa shape index (κ3) is 4.06. The monoisotopic (exact) mass is 415 g/mol. The summed E-state index contributed by atoms with van der Waals surface area (Å²) < 4.78 is 8.03. The number of pyridine rings is 2. The lowest BCUT2D eigenvalue weighted by Crippen LogP contribution is -2.43. The average Bonchev–Trinajstić information content (AvgIpc) is 3.08.